The number of rotatable bonds is 29. The first-order valence-corrected chi connectivity index (χ1v) is 49.2. The van der Waals surface area contributed by atoms with E-state index in [1.54, 1.807) is 30.3 Å². The number of anilines is 2. The summed E-state index contributed by atoms with van der Waals surface area (Å²) < 4.78 is 87.0. The molecule has 0 saturated carbocycles. The molecule has 8 atom stereocenters. The standard InChI is InChI=1S/C55H66N4O10S2.C28H25NO5.C25H19NO6.CH4/c1-38-14-23-46-44(36-38)54(3,4)48(57(46)31-7-9-34-70(63,64)65)25-19-41-12-11-13-42(20-26-49-55(5,6)45-37-39(2)15-24-47(45)58(49)32-8-10-35-71(66,67)68)53(41)69-43-21-16-40(17-22-43)18-27-50(60)56-30-33-59-51(61)28-29-52(59)62;1-15-3-6-19-24(11-15)34-25-12-16(14-29-2)4-7-20(25)27(19)18-8-5-17(13-21(18)28(32)33)26-22(30)9-10-23(26)31;1-13-2-5-17-20(10-13)32-21-12-15(27)4-7-18(21)24(17)16-6-3-14(11-19(16)25(30)31)26-22(28)8-9-23(26)29;/h14-17,19-26,28-29,36-37H,7-13,18,27,30-35H2,1-6H3,(H2-,56,60,63,64,65,66,67,68);3-13,19-20,25-27,29H,1,14H2,2H3,(H,32,33);2-12,17-18,20,24H,1H3,(H,30,31);1H4/p+1. The summed E-state index contributed by atoms with van der Waals surface area (Å²) in [6.07, 6.45) is 42.8. The van der Waals surface area contributed by atoms with Gasteiger partial charge in [0.1, 0.15) is 47.7 Å². The van der Waals surface area contributed by atoms with Crippen molar-refractivity contribution >= 4 is 102 Å². The molecule has 0 radical (unpaired) electrons. The van der Waals surface area contributed by atoms with Crippen molar-refractivity contribution < 1.29 is 103 Å². The Morgan fingerprint density at radius 2 is 1.21 bits per heavy atom. The van der Waals surface area contributed by atoms with Crippen LogP contribution >= 0.6 is 0 Å². The first-order chi connectivity index (χ1) is 65.2. The van der Waals surface area contributed by atoms with Crippen molar-refractivity contribution in [2.45, 2.75) is 154 Å². The maximum Gasteiger partial charge on any atom is 0.336 e. The molecule has 5 aromatic carbocycles. The average molecular weight is 1910 g/mol. The molecule has 0 spiro atoms. The van der Waals surface area contributed by atoms with Crippen LogP contribution in [0.5, 0.6) is 5.75 Å². The monoisotopic (exact) mass is 1910 g/mol. The zero-order valence-electron chi connectivity index (χ0n) is 77.5. The largest absolute Gasteiger partial charge is 0.489 e. The van der Waals surface area contributed by atoms with E-state index in [4.69, 9.17) is 14.2 Å². The topological polar surface area (TPSA) is 384 Å². The number of ether oxygens (including phenoxy) is 3. The van der Waals surface area contributed by atoms with E-state index in [0.717, 1.165) is 120 Å². The molecule has 12 aliphatic rings. The van der Waals surface area contributed by atoms with Gasteiger partial charge in [-0.1, -0.05) is 142 Å². The van der Waals surface area contributed by atoms with Gasteiger partial charge in [-0.25, -0.2) is 14.5 Å². The Bertz CT molecular complexity index is 6620. The van der Waals surface area contributed by atoms with Gasteiger partial charge < -0.3 is 40.0 Å². The first kappa shape index (κ1) is 100. The maximum atomic E-state index is 12.7. The Kier molecular flexibility index (Phi) is 30.3. The molecule has 2 saturated heterocycles. The van der Waals surface area contributed by atoms with Crippen LogP contribution in [0.2, 0.25) is 0 Å². The highest BCUT2D eigenvalue weighted by Crippen LogP contribution is 2.54. The number of amides is 5. The van der Waals surface area contributed by atoms with Crippen LogP contribution in [0.3, 0.4) is 0 Å². The first-order valence-electron chi connectivity index (χ1n) is 46.0. The number of likely N-dealkylation sites (N-methyl/N-ethyl adjacent to an activating group) is 1. The van der Waals surface area contributed by atoms with Gasteiger partial charge in [0.05, 0.1) is 33.7 Å². The number of hydrogen-bond donors (Lipinski definition) is 6. The molecule has 0 aromatic heterocycles. The summed E-state index contributed by atoms with van der Waals surface area (Å²) in [5.74, 6) is -5.23. The minimum absolute atomic E-state index is 0. The lowest BCUT2D eigenvalue weighted by Gasteiger charge is -2.44. The quantitative estimate of drug-likeness (QED) is 0.00851. The van der Waals surface area contributed by atoms with E-state index in [2.05, 4.69) is 147 Å². The highest BCUT2D eigenvalue weighted by Gasteiger charge is 2.49. The van der Waals surface area contributed by atoms with Gasteiger partial charge in [0.15, 0.2) is 23.1 Å². The normalized spacial score (nSPS) is 23.0. The molecule has 27 nitrogen and oxygen atoms in total. The summed E-state index contributed by atoms with van der Waals surface area (Å²) in [5, 5.41) is 26.1. The van der Waals surface area contributed by atoms with Gasteiger partial charge in [0.25, 0.3) is 43.9 Å². The summed E-state index contributed by atoms with van der Waals surface area (Å²) in [6.45, 7) is 21.0. The summed E-state index contributed by atoms with van der Waals surface area (Å²) in [4.78, 5) is 126. The molecule has 0 bridgehead atoms. The molecule has 6 aliphatic heterocycles. The number of allylic oxidation sites excluding steroid dienone is 18. The molecule has 6 aliphatic carbocycles. The molecular weight excluding hydrogens is 1790 g/mol. The van der Waals surface area contributed by atoms with Crippen LogP contribution in [0.25, 0.3) is 0 Å². The Morgan fingerprint density at radius 3 is 1.86 bits per heavy atom. The number of unbranched alkanes of at least 4 members (excludes halogenated alkanes) is 2. The van der Waals surface area contributed by atoms with Gasteiger partial charge in [0, 0.05) is 139 Å². The van der Waals surface area contributed by atoms with Gasteiger partial charge in [-0.2, -0.15) is 21.4 Å². The molecular formula is C109H115N6O21S2+. The van der Waals surface area contributed by atoms with E-state index in [9.17, 15) is 84.1 Å². The van der Waals surface area contributed by atoms with Crippen LogP contribution in [0.15, 0.2) is 288 Å². The minimum atomic E-state index is -4.08. The lowest BCUT2D eigenvalue weighted by molar-refractivity contribution is -0.438. The number of carboxylic acids is 2. The van der Waals surface area contributed by atoms with Crippen LogP contribution < -0.4 is 25.2 Å². The van der Waals surface area contributed by atoms with Crippen LogP contribution in [-0.2, 0) is 85.3 Å². The number of imide groups is 2. The fourth-order valence-electron chi connectivity index (χ4n) is 20.3. The molecule has 6 heterocycles. The van der Waals surface area contributed by atoms with E-state index in [-0.39, 0.29) is 149 Å². The predicted molar refractivity (Wildman–Crippen MR) is 526 cm³/mol. The van der Waals surface area contributed by atoms with Crippen LogP contribution in [0, 0.1) is 37.5 Å². The highest BCUT2D eigenvalue weighted by atomic mass is 32.2. The van der Waals surface area contributed by atoms with Crippen molar-refractivity contribution in [2.75, 3.05) is 61.1 Å². The number of ketones is 3. The number of nitrogens with zero attached hydrogens (tertiary/aromatic N) is 4. The number of hydrogen-bond acceptors (Lipinski definition) is 19. The Balaban J connectivity index is 0.000000187. The molecule has 2 fully saturated rings. The lowest BCUT2D eigenvalue weighted by Crippen LogP contribution is -2.40. The summed E-state index contributed by atoms with van der Waals surface area (Å²) >= 11 is 0. The SMILES string of the molecule is C.C=C1C=CC2C(=C1)OC1C=C(CNC)C=CC1C2c1ccc(C2C(=O)C=CC2=O)cc1C(=O)O.CC1=CC2OC3=CC(=O)C=CC3C(c3ccc(N4C(=O)C=CC4=O)cc3C(=O)O)C2C=C1.Cc1ccc2c(c1)C(C)(C)C(/C=C/C1=C(Oc3ccc(CCC(=O)NCCN4C(=O)C=CC4=O)cc3)C(=C/C=C3/N(CCCCS(=O)(=O)O)c4ccc(C)cc4C3(C)C)/CCC1)=[N+]2CCCCS(=O)(=O)O. The smallest absolute Gasteiger partial charge is 0.336 e. The second-order valence-electron chi connectivity index (χ2n) is 37.3. The minimum Gasteiger partial charge on any atom is -0.489 e. The number of carboxylic acid groups (broad SMARTS) is 2. The number of fused-ring (bicyclic) bond motifs is 6. The maximum absolute atomic E-state index is 12.7. The van der Waals surface area contributed by atoms with Gasteiger partial charge in [0.2, 0.25) is 11.6 Å². The molecule has 17 rings (SSSR count). The zero-order valence-corrected chi connectivity index (χ0v) is 79.1. The number of aromatic carboxylic acids is 2. The third kappa shape index (κ3) is 22.1. The van der Waals surface area contributed by atoms with E-state index >= 15 is 0 Å². The van der Waals surface area contributed by atoms with Gasteiger partial charge in [-0.05, 0) is 228 Å². The van der Waals surface area contributed by atoms with Crippen molar-refractivity contribution in [2.24, 2.45) is 23.7 Å². The molecule has 718 valence electrons. The van der Waals surface area contributed by atoms with E-state index in [1.807, 2.05) is 74.7 Å². The number of benzene rings is 5. The number of aryl methyl sites for hydroxylation is 3. The van der Waals surface area contributed by atoms with Gasteiger partial charge in [-0.15, -0.1) is 0 Å². The Morgan fingerprint density at radius 1 is 0.609 bits per heavy atom. The molecule has 138 heavy (non-hydrogen) atoms. The molecule has 29 heteroatoms. The van der Waals surface area contributed by atoms with Crippen molar-refractivity contribution in [3.8, 4) is 5.75 Å². The van der Waals surface area contributed by atoms with Crippen molar-refractivity contribution in [1.29, 1.82) is 0 Å². The second kappa shape index (κ2) is 41.7. The number of carbonyl (C=O) groups excluding carboxylic acids is 8. The Labute approximate surface area is 804 Å². The molecule has 6 N–H and O–H groups in total. The van der Waals surface area contributed by atoms with E-state index in [1.165, 1.54) is 59.7 Å². The van der Waals surface area contributed by atoms with Crippen LogP contribution in [0.1, 0.15) is 176 Å². The van der Waals surface area contributed by atoms with Crippen LogP contribution in [0.4, 0.5) is 17.1 Å². The van der Waals surface area contributed by atoms with Crippen LogP contribution in [-0.4, -0.2) is 174 Å². The third-order valence-electron chi connectivity index (χ3n) is 27.0. The van der Waals surface area contributed by atoms with Crippen molar-refractivity contribution in [1.82, 2.24) is 15.5 Å². The van der Waals surface area contributed by atoms with Crippen molar-refractivity contribution in [3.05, 3.63) is 344 Å². The summed E-state index contributed by atoms with van der Waals surface area (Å²) in [5.41, 5.74) is 15.9. The van der Waals surface area contributed by atoms with E-state index < -0.39 is 49.9 Å². The van der Waals surface area contributed by atoms with E-state index in [0.29, 0.717) is 79.9 Å². The second-order valence-corrected chi connectivity index (χ2v) is 40.4. The molecule has 5 aromatic rings. The Hall–Kier alpha value is -13.7. The molecule has 8 unspecified atom stereocenters. The third-order valence-corrected chi connectivity index (χ3v) is 28.6. The zero-order chi connectivity index (χ0) is 97.9. The summed E-state index contributed by atoms with van der Waals surface area (Å²) in [6, 6.07) is 30.1. The summed E-state index contributed by atoms with van der Waals surface area (Å²) in [7, 11) is -6.28. The lowest BCUT2D eigenvalue weighted by atomic mass is 9.67. The number of carbonyl (C=O) groups is 10. The number of nitrogens with one attached hydrogen (secondary N) is 2. The fraction of sp³-hybridized carbons (Fsp3) is 0.330. The van der Waals surface area contributed by atoms with Gasteiger partial charge in [-0.3, -0.25) is 52.4 Å². The predicted octanol–water partition coefficient (Wildman–Crippen LogP) is 16.0. The highest BCUT2D eigenvalue weighted by molar-refractivity contribution is 7.86. The average Bonchev–Trinajstić information content (AvgIpc) is 1.51. The van der Waals surface area contributed by atoms with Gasteiger partial charge >= 0.3 is 11.9 Å². The molecule has 5 amide bonds. The fourth-order valence-corrected chi connectivity index (χ4v) is 21.4. The van der Waals surface area contributed by atoms with Crippen molar-refractivity contribution in [3.63, 3.8) is 0 Å².